The van der Waals surface area contributed by atoms with Gasteiger partial charge in [0.2, 0.25) is 5.91 Å². The normalized spacial score (nSPS) is 19.1. The van der Waals surface area contributed by atoms with Gasteiger partial charge in [0, 0.05) is 24.8 Å². The monoisotopic (exact) mass is 289 g/mol. The number of nitrogen functional groups attached to an aromatic ring is 1. The molecule has 5 nitrogen and oxygen atoms in total. The van der Waals surface area contributed by atoms with Gasteiger partial charge in [-0.15, -0.1) is 0 Å². The van der Waals surface area contributed by atoms with Crippen molar-refractivity contribution in [1.82, 2.24) is 4.90 Å². The molecule has 0 aromatic heterocycles. The van der Waals surface area contributed by atoms with Gasteiger partial charge in [0.25, 0.3) is 0 Å². The van der Waals surface area contributed by atoms with Gasteiger partial charge in [0.05, 0.1) is 18.8 Å². The molecule has 2 aliphatic heterocycles. The van der Waals surface area contributed by atoms with Crippen LogP contribution < -0.4 is 15.4 Å². The van der Waals surface area contributed by atoms with Crippen molar-refractivity contribution >= 4 is 17.3 Å². The molecule has 2 aliphatic rings. The average molecular weight is 289 g/mol. The van der Waals surface area contributed by atoms with Gasteiger partial charge in [-0.3, -0.25) is 4.79 Å². The number of piperidine rings is 1. The molecule has 0 unspecified atom stereocenters. The standard InChI is InChI=1S/C16H23N3O2/c1-12-4-6-18(7-5-12)16(20)11-19-8-9-21-15-10-13(17)2-3-14(15)19/h2-3,10,12H,4-9,11,17H2,1H3. The fraction of sp³-hybridized carbons (Fsp3) is 0.562. The number of carbonyl (C=O) groups is 1. The predicted octanol–water partition coefficient (Wildman–Crippen LogP) is 1.73. The molecule has 2 heterocycles. The first-order chi connectivity index (χ1) is 10.1. The maximum Gasteiger partial charge on any atom is 0.242 e. The van der Waals surface area contributed by atoms with Crippen molar-refractivity contribution in [1.29, 1.82) is 0 Å². The summed E-state index contributed by atoms with van der Waals surface area (Å²) in [5, 5.41) is 0. The van der Waals surface area contributed by atoms with Gasteiger partial charge in [0.1, 0.15) is 12.4 Å². The maximum atomic E-state index is 12.5. The average Bonchev–Trinajstić information content (AvgIpc) is 2.47. The van der Waals surface area contributed by atoms with Crippen LogP contribution >= 0.6 is 0 Å². The minimum absolute atomic E-state index is 0.214. The molecule has 1 fully saturated rings. The number of hydrogen-bond acceptors (Lipinski definition) is 4. The quantitative estimate of drug-likeness (QED) is 0.842. The number of rotatable bonds is 2. The number of anilines is 2. The number of carbonyl (C=O) groups excluding carboxylic acids is 1. The van der Waals surface area contributed by atoms with Crippen molar-refractivity contribution in [3.8, 4) is 5.75 Å². The molecule has 0 radical (unpaired) electrons. The number of ether oxygens (including phenoxy) is 1. The Balaban J connectivity index is 1.67. The second kappa shape index (κ2) is 5.84. The summed E-state index contributed by atoms with van der Waals surface area (Å²) in [6.45, 7) is 5.80. The van der Waals surface area contributed by atoms with Crippen molar-refractivity contribution in [3.05, 3.63) is 18.2 Å². The van der Waals surface area contributed by atoms with Crippen molar-refractivity contribution < 1.29 is 9.53 Å². The third kappa shape index (κ3) is 3.06. The van der Waals surface area contributed by atoms with Gasteiger partial charge in [-0.1, -0.05) is 6.92 Å². The van der Waals surface area contributed by atoms with Gasteiger partial charge in [-0.05, 0) is 30.9 Å². The van der Waals surface area contributed by atoms with Crippen molar-refractivity contribution in [2.24, 2.45) is 5.92 Å². The highest BCUT2D eigenvalue weighted by molar-refractivity contribution is 5.82. The van der Waals surface area contributed by atoms with Crippen molar-refractivity contribution in [3.63, 3.8) is 0 Å². The Bertz CT molecular complexity index is 524. The lowest BCUT2D eigenvalue weighted by atomic mass is 9.99. The van der Waals surface area contributed by atoms with Crippen LogP contribution in [0, 0.1) is 5.92 Å². The van der Waals surface area contributed by atoms with E-state index in [0.29, 0.717) is 18.8 Å². The van der Waals surface area contributed by atoms with Crippen LogP contribution in [0.2, 0.25) is 0 Å². The summed E-state index contributed by atoms with van der Waals surface area (Å²) in [4.78, 5) is 16.6. The van der Waals surface area contributed by atoms with Gasteiger partial charge < -0.3 is 20.3 Å². The number of nitrogens with zero attached hydrogens (tertiary/aromatic N) is 2. The van der Waals surface area contributed by atoms with Crippen LogP contribution in [0.4, 0.5) is 11.4 Å². The van der Waals surface area contributed by atoms with E-state index in [4.69, 9.17) is 10.5 Å². The molecule has 114 valence electrons. The molecule has 0 saturated carbocycles. The highest BCUT2D eigenvalue weighted by atomic mass is 16.5. The highest BCUT2D eigenvalue weighted by Gasteiger charge is 2.25. The highest BCUT2D eigenvalue weighted by Crippen LogP contribution is 2.33. The first kappa shape index (κ1) is 14.0. The van der Waals surface area contributed by atoms with E-state index in [-0.39, 0.29) is 5.91 Å². The molecule has 1 amide bonds. The Labute approximate surface area is 125 Å². The molecule has 2 N–H and O–H groups in total. The summed E-state index contributed by atoms with van der Waals surface area (Å²) in [5.74, 6) is 1.73. The summed E-state index contributed by atoms with van der Waals surface area (Å²) in [7, 11) is 0. The fourth-order valence-electron chi connectivity index (χ4n) is 2.98. The second-order valence-electron chi connectivity index (χ2n) is 6.06. The van der Waals surface area contributed by atoms with Gasteiger partial charge in [0.15, 0.2) is 0 Å². The van der Waals surface area contributed by atoms with Crippen LogP contribution in [-0.2, 0) is 4.79 Å². The van der Waals surface area contributed by atoms with E-state index >= 15 is 0 Å². The van der Waals surface area contributed by atoms with Crippen LogP contribution in [0.1, 0.15) is 19.8 Å². The molecule has 3 rings (SSSR count). The van der Waals surface area contributed by atoms with Crippen molar-refractivity contribution in [2.75, 3.05) is 43.4 Å². The van der Waals surface area contributed by atoms with E-state index in [0.717, 1.165) is 49.8 Å². The number of fused-ring (bicyclic) bond motifs is 1. The molecule has 0 bridgehead atoms. The minimum atomic E-state index is 0.214. The number of likely N-dealkylation sites (tertiary alicyclic amines) is 1. The smallest absolute Gasteiger partial charge is 0.242 e. The zero-order valence-electron chi connectivity index (χ0n) is 12.5. The predicted molar refractivity (Wildman–Crippen MR) is 83.5 cm³/mol. The van der Waals surface area contributed by atoms with Gasteiger partial charge >= 0.3 is 0 Å². The molecule has 5 heteroatoms. The van der Waals surface area contributed by atoms with Crippen LogP contribution in [0.15, 0.2) is 18.2 Å². The number of hydrogen-bond donors (Lipinski definition) is 1. The topological polar surface area (TPSA) is 58.8 Å². The molecular weight excluding hydrogens is 266 g/mol. The summed E-state index contributed by atoms with van der Waals surface area (Å²) < 4.78 is 5.63. The van der Waals surface area contributed by atoms with Crippen LogP contribution in [-0.4, -0.2) is 43.6 Å². The third-order valence-electron chi connectivity index (χ3n) is 4.41. The first-order valence-electron chi connectivity index (χ1n) is 7.68. The largest absolute Gasteiger partial charge is 0.489 e. The van der Waals surface area contributed by atoms with E-state index in [1.165, 1.54) is 0 Å². The summed E-state index contributed by atoms with van der Waals surface area (Å²) in [6.07, 6.45) is 2.23. The van der Waals surface area contributed by atoms with E-state index in [9.17, 15) is 4.79 Å². The Morgan fingerprint density at radius 1 is 1.33 bits per heavy atom. The summed E-state index contributed by atoms with van der Waals surface area (Å²) >= 11 is 0. The Hall–Kier alpha value is -1.91. The molecule has 1 saturated heterocycles. The molecule has 1 aromatic rings. The minimum Gasteiger partial charge on any atom is -0.489 e. The molecule has 0 aliphatic carbocycles. The Kier molecular flexibility index (Phi) is 3.90. The van der Waals surface area contributed by atoms with E-state index in [1.54, 1.807) is 0 Å². The SMILES string of the molecule is CC1CCN(C(=O)CN2CCOc3cc(N)ccc32)CC1. The zero-order valence-corrected chi connectivity index (χ0v) is 12.5. The zero-order chi connectivity index (χ0) is 14.8. The molecule has 0 spiro atoms. The van der Waals surface area contributed by atoms with Gasteiger partial charge in [-0.25, -0.2) is 0 Å². The lowest BCUT2D eigenvalue weighted by molar-refractivity contribution is -0.131. The summed E-state index contributed by atoms with van der Waals surface area (Å²) in [5.41, 5.74) is 7.44. The van der Waals surface area contributed by atoms with Crippen LogP contribution in [0.25, 0.3) is 0 Å². The number of nitrogens with two attached hydrogens (primary N) is 1. The lowest BCUT2D eigenvalue weighted by Crippen LogP contribution is -2.45. The fourth-order valence-corrected chi connectivity index (χ4v) is 2.98. The third-order valence-corrected chi connectivity index (χ3v) is 4.41. The first-order valence-corrected chi connectivity index (χ1v) is 7.68. The van der Waals surface area contributed by atoms with Crippen LogP contribution in [0.3, 0.4) is 0 Å². The molecule has 1 aromatic carbocycles. The van der Waals surface area contributed by atoms with Crippen molar-refractivity contribution in [2.45, 2.75) is 19.8 Å². The molecule has 21 heavy (non-hydrogen) atoms. The Morgan fingerprint density at radius 2 is 2.10 bits per heavy atom. The van der Waals surface area contributed by atoms with E-state index in [1.807, 2.05) is 23.1 Å². The lowest BCUT2D eigenvalue weighted by Gasteiger charge is -2.35. The van der Waals surface area contributed by atoms with Gasteiger partial charge in [-0.2, -0.15) is 0 Å². The van der Waals surface area contributed by atoms with Crippen LogP contribution in [0.5, 0.6) is 5.75 Å². The van der Waals surface area contributed by atoms with E-state index < -0.39 is 0 Å². The maximum absolute atomic E-state index is 12.5. The Morgan fingerprint density at radius 3 is 2.86 bits per heavy atom. The van der Waals surface area contributed by atoms with E-state index in [2.05, 4.69) is 11.8 Å². The summed E-state index contributed by atoms with van der Waals surface area (Å²) in [6, 6.07) is 5.62. The number of benzene rings is 1. The second-order valence-corrected chi connectivity index (χ2v) is 6.06. The number of amides is 1. The molecule has 0 atom stereocenters. The molecular formula is C16H23N3O2.